The monoisotopic (exact) mass is 353 g/mol. The molecule has 6 heteroatoms. The number of unbranched alkanes of at least 4 members (excludes halogenated alkanes) is 3. The van der Waals surface area contributed by atoms with E-state index in [-0.39, 0.29) is 6.04 Å². The zero-order valence-corrected chi connectivity index (χ0v) is 15.5. The van der Waals surface area contributed by atoms with Gasteiger partial charge in [-0.25, -0.2) is 15.0 Å². The molecule has 0 fully saturated rings. The number of rotatable bonds is 8. The molecular formula is C20H27N5O. The molecule has 2 aromatic heterocycles. The van der Waals surface area contributed by atoms with Crippen molar-refractivity contribution in [2.45, 2.75) is 58.1 Å². The molecule has 2 atom stereocenters. The highest BCUT2D eigenvalue weighted by Gasteiger charge is 2.21. The molecule has 0 aliphatic carbocycles. The molecule has 0 unspecified atom stereocenters. The van der Waals surface area contributed by atoms with Gasteiger partial charge in [0.25, 0.3) is 0 Å². The van der Waals surface area contributed by atoms with E-state index in [1.165, 1.54) is 19.3 Å². The summed E-state index contributed by atoms with van der Waals surface area (Å²) >= 11 is 0. The third-order valence-corrected chi connectivity index (χ3v) is 4.75. The van der Waals surface area contributed by atoms with Gasteiger partial charge in [0, 0.05) is 5.56 Å². The second-order valence-electron chi connectivity index (χ2n) is 6.78. The predicted octanol–water partition coefficient (Wildman–Crippen LogP) is 3.97. The van der Waals surface area contributed by atoms with Crippen molar-refractivity contribution in [1.82, 2.24) is 19.5 Å². The van der Waals surface area contributed by atoms with Gasteiger partial charge in [0.1, 0.15) is 5.52 Å². The Hall–Kier alpha value is -2.47. The highest BCUT2D eigenvalue weighted by Crippen LogP contribution is 2.28. The summed E-state index contributed by atoms with van der Waals surface area (Å²) in [6.07, 6.45) is 6.75. The van der Waals surface area contributed by atoms with Gasteiger partial charge in [0.05, 0.1) is 18.5 Å². The van der Waals surface area contributed by atoms with Gasteiger partial charge in [0.2, 0.25) is 0 Å². The Morgan fingerprint density at radius 1 is 1.12 bits per heavy atom. The van der Waals surface area contributed by atoms with E-state index in [0.29, 0.717) is 22.8 Å². The number of hydrogen-bond donors (Lipinski definition) is 2. The zero-order chi connectivity index (χ0) is 18.5. The maximum atomic E-state index is 10.3. The largest absolute Gasteiger partial charge is 0.391 e. The lowest BCUT2D eigenvalue weighted by Crippen LogP contribution is -2.21. The van der Waals surface area contributed by atoms with Crippen molar-refractivity contribution in [2.75, 3.05) is 5.73 Å². The quantitative estimate of drug-likeness (QED) is 0.598. The topological polar surface area (TPSA) is 89.8 Å². The van der Waals surface area contributed by atoms with Crippen LogP contribution >= 0.6 is 0 Å². The first kappa shape index (κ1) is 18.3. The fourth-order valence-corrected chi connectivity index (χ4v) is 3.29. The standard InChI is InChI=1S/C20H27N5O/c1-3-4-5-9-12-16(14(2)26)25-13-22-17-18(21)23-19(24-20(17)25)15-10-7-6-8-11-15/h6-8,10-11,13-14,16,26H,3-5,9,12H2,1-2H3,(H2,21,23,24)/t14-,16+/m1/s1. The number of nitrogens with two attached hydrogens (primary N) is 1. The number of aliphatic hydroxyl groups is 1. The smallest absolute Gasteiger partial charge is 0.166 e. The average molecular weight is 353 g/mol. The van der Waals surface area contributed by atoms with Gasteiger partial charge in [-0.2, -0.15) is 0 Å². The van der Waals surface area contributed by atoms with E-state index in [2.05, 4.69) is 16.9 Å². The van der Waals surface area contributed by atoms with Gasteiger partial charge >= 0.3 is 0 Å². The summed E-state index contributed by atoms with van der Waals surface area (Å²) in [5.74, 6) is 0.940. The number of aliphatic hydroxyl groups excluding tert-OH is 1. The third kappa shape index (κ3) is 3.85. The van der Waals surface area contributed by atoms with E-state index >= 15 is 0 Å². The summed E-state index contributed by atoms with van der Waals surface area (Å²) in [5.41, 5.74) is 8.31. The zero-order valence-electron chi connectivity index (χ0n) is 15.5. The van der Waals surface area contributed by atoms with Crippen LogP contribution in [0.2, 0.25) is 0 Å². The van der Waals surface area contributed by atoms with Gasteiger partial charge in [-0.05, 0) is 13.3 Å². The predicted molar refractivity (Wildman–Crippen MR) is 105 cm³/mol. The Balaban J connectivity index is 1.98. The Kier molecular flexibility index (Phi) is 5.83. The molecule has 3 N–H and O–H groups in total. The van der Waals surface area contributed by atoms with Crippen molar-refractivity contribution in [2.24, 2.45) is 0 Å². The summed E-state index contributed by atoms with van der Waals surface area (Å²) < 4.78 is 1.95. The number of hydrogen-bond acceptors (Lipinski definition) is 5. The van der Waals surface area contributed by atoms with Crippen LogP contribution in [-0.2, 0) is 0 Å². The fraction of sp³-hybridized carbons (Fsp3) is 0.450. The first-order chi connectivity index (χ1) is 12.6. The third-order valence-electron chi connectivity index (χ3n) is 4.75. The molecule has 0 saturated heterocycles. The van der Waals surface area contributed by atoms with E-state index < -0.39 is 6.10 Å². The van der Waals surface area contributed by atoms with Gasteiger partial charge in [-0.3, -0.25) is 0 Å². The number of imidazole rings is 1. The molecule has 0 aliphatic heterocycles. The molecule has 0 radical (unpaired) electrons. The Morgan fingerprint density at radius 2 is 1.88 bits per heavy atom. The van der Waals surface area contributed by atoms with Crippen molar-refractivity contribution in [3.8, 4) is 11.4 Å². The molecule has 0 aliphatic rings. The minimum absolute atomic E-state index is 0.0743. The van der Waals surface area contributed by atoms with Crippen LogP contribution in [0, 0.1) is 0 Å². The summed E-state index contributed by atoms with van der Waals surface area (Å²) in [7, 11) is 0. The minimum atomic E-state index is -0.495. The van der Waals surface area contributed by atoms with Crippen molar-refractivity contribution in [3.63, 3.8) is 0 Å². The molecule has 3 rings (SSSR count). The van der Waals surface area contributed by atoms with Crippen LogP contribution < -0.4 is 5.73 Å². The summed E-state index contributed by atoms with van der Waals surface area (Å²) in [4.78, 5) is 13.5. The number of anilines is 1. The van der Waals surface area contributed by atoms with Crippen molar-refractivity contribution < 1.29 is 5.11 Å². The van der Waals surface area contributed by atoms with Crippen LogP contribution in [0.4, 0.5) is 5.82 Å². The highest BCUT2D eigenvalue weighted by molar-refractivity contribution is 5.83. The van der Waals surface area contributed by atoms with E-state index in [1.54, 1.807) is 6.33 Å². The number of aromatic nitrogens is 4. The second-order valence-corrected chi connectivity index (χ2v) is 6.78. The van der Waals surface area contributed by atoms with Crippen LogP contribution in [0.1, 0.15) is 52.0 Å². The summed E-state index contributed by atoms with van der Waals surface area (Å²) in [5, 5.41) is 10.3. The number of fused-ring (bicyclic) bond motifs is 1. The second kappa shape index (κ2) is 8.27. The Morgan fingerprint density at radius 3 is 2.58 bits per heavy atom. The number of benzene rings is 1. The van der Waals surface area contributed by atoms with Crippen LogP contribution in [0.5, 0.6) is 0 Å². The Labute approximate surface area is 154 Å². The van der Waals surface area contributed by atoms with E-state index in [1.807, 2.05) is 41.8 Å². The lowest BCUT2D eigenvalue weighted by atomic mass is 10.0. The van der Waals surface area contributed by atoms with E-state index in [0.717, 1.165) is 18.4 Å². The van der Waals surface area contributed by atoms with Gasteiger partial charge in [0.15, 0.2) is 17.3 Å². The number of nitrogens with zero attached hydrogens (tertiary/aromatic N) is 4. The van der Waals surface area contributed by atoms with E-state index in [4.69, 9.17) is 10.7 Å². The minimum Gasteiger partial charge on any atom is -0.391 e. The lowest BCUT2D eigenvalue weighted by Gasteiger charge is -2.22. The summed E-state index contributed by atoms with van der Waals surface area (Å²) in [6, 6.07) is 9.69. The van der Waals surface area contributed by atoms with Gasteiger partial charge < -0.3 is 15.4 Å². The molecule has 26 heavy (non-hydrogen) atoms. The maximum absolute atomic E-state index is 10.3. The molecule has 1 aromatic carbocycles. The first-order valence-corrected chi connectivity index (χ1v) is 9.35. The van der Waals surface area contributed by atoms with Crippen LogP contribution in [0.25, 0.3) is 22.6 Å². The molecule has 6 nitrogen and oxygen atoms in total. The van der Waals surface area contributed by atoms with Crippen LogP contribution in [0.15, 0.2) is 36.7 Å². The van der Waals surface area contributed by atoms with Crippen LogP contribution in [0.3, 0.4) is 0 Å². The van der Waals surface area contributed by atoms with Crippen molar-refractivity contribution >= 4 is 17.0 Å². The fourth-order valence-electron chi connectivity index (χ4n) is 3.29. The SMILES string of the molecule is CCCCCC[C@@H]([C@@H](C)O)n1cnc2c(N)nc(-c3ccccc3)nc21. The Bertz CT molecular complexity index is 844. The maximum Gasteiger partial charge on any atom is 0.166 e. The first-order valence-electron chi connectivity index (χ1n) is 9.35. The van der Waals surface area contributed by atoms with E-state index in [9.17, 15) is 5.11 Å². The normalized spacial score (nSPS) is 13.8. The van der Waals surface area contributed by atoms with Gasteiger partial charge in [-0.15, -0.1) is 0 Å². The molecule has 0 amide bonds. The summed E-state index contributed by atoms with van der Waals surface area (Å²) in [6.45, 7) is 4.01. The van der Waals surface area contributed by atoms with Crippen LogP contribution in [-0.4, -0.2) is 30.7 Å². The highest BCUT2D eigenvalue weighted by atomic mass is 16.3. The number of nitrogen functional groups attached to an aromatic ring is 1. The van der Waals surface area contributed by atoms with Crippen molar-refractivity contribution in [1.29, 1.82) is 0 Å². The molecule has 2 heterocycles. The lowest BCUT2D eigenvalue weighted by molar-refractivity contribution is 0.124. The van der Waals surface area contributed by atoms with Crippen molar-refractivity contribution in [3.05, 3.63) is 36.7 Å². The average Bonchev–Trinajstić information content (AvgIpc) is 3.06. The molecule has 138 valence electrons. The van der Waals surface area contributed by atoms with Gasteiger partial charge in [-0.1, -0.05) is 62.9 Å². The molecule has 0 saturated carbocycles. The molecule has 0 bridgehead atoms. The molecule has 0 spiro atoms. The molecule has 3 aromatic rings. The molecular weight excluding hydrogens is 326 g/mol.